The predicted molar refractivity (Wildman–Crippen MR) is 116 cm³/mol. The van der Waals surface area contributed by atoms with Gasteiger partial charge in [-0.15, -0.1) is 0 Å². The number of halogens is 1. The molecule has 0 spiro atoms. The van der Waals surface area contributed by atoms with Crippen LogP contribution in [0.5, 0.6) is 11.5 Å². The number of aliphatic carboxylic acids is 1. The molecule has 0 unspecified atom stereocenters. The van der Waals surface area contributed by atoms with Crippen LogP contribution in [-0.2, 0) is 14.4 Å². The number of rotatable bonds is 7. The lowest BCUT2D eigenvalue weighted by molar-refractivity contribution is -0.307. The summed E-state index contributed by atoms with van der Waals surface area (Å²) in [6.07, 6.45) is 1.31. The van der Waals surface area contributed by atoms with Crippen molar-refractivity contribution in [1.82, 2.24) is 5.32 Å². The van der Waals surface area contributed by atoms with Gasteiger partial charge in [0.05, 0.1) is 18.3 Å². The number of hydrogen-bond donors (Lipinski definition) is 1. The van der Waals surface area contributed by atoms with Gasteiger partial charge in [0.1, 0.15) is 12.2 Å². The molecule has 9 nitrogen and oxygen atoms in total. The van der Waals surface area contributed by atoms with Gasteiger partial charge >= 0.3 is 6.03 Å². The molecule has 1 N–H and O–H groups in total. The Morgan fingerprint density at radius 1 is 1.12 bits per heavy atom. The highest BCUT2D eigenvalue weighted by Gasteiger charge is 2.37. The van der Waals surface area contributed by atoms with Crippen LogP contribution in [0.15, 0.2) is 46.4 Å². The number of nitrogens with one attached hydrogen (secondary N) is 1. The van der Waals surface area contributed by atoms with Crippen LogP contribution in [0.3, 0.4) is 0 Å². The van der Waals surface area contributed by atoms with E-state index in [0.29, 0.717) is 11.3 Å². The Morgan fingerprint density at radius 2 is 1.88 bits per heavy atom. The minimum absolute atomic E-state index is 0.166. The summed E-state index contributed by atoms with van der Waals surface area (Å²) in [7, 11) is 0. The molecule has 10 heteroatoms. The van der Waals surface area contributed by atoms with Gasteiger partial charge in [0.15, 0.2) is 11.5 Å². The second kappa shape index (κ2) is 9.65. The van der Waals surface area contributed by atoms with Crippen LogP contribution in [0.25, 0.3) is 6.08 Å². The first-order chi connectivity index (χ1) is 15.2. The van der Waals surface area contributed by atoms with E-state index in [4.69, 9.17) is 9.47 Å². The van der Waals surface area contributed by atoms with Gasteiger partial charge in [0.25, 0.3) is 11.8 Å². The quantitative estimate of drug-likeness (QED) is 0.453. The SMILES string of the molecule is CCOc1cc(/C=C2/C(=O)NC(=O)N(c3ccc(Br)c(C)c3)C2=O)ccc1OCC(=O)[O-]. The number of carboxylic acid groups (broad SMARTS) is 1. The molecule has 0 aromatic heterocycles. The van der Waals surface area contributed by atoms with Gasteiger partial charge in [-0.3, -0.25) is 14.9 Å². The Morgan fingerprint density at radius 3 is 2.53 bits per heavy atom. The number of aryl methyl sites for hydroxylation is 1. The highest BCUT2D eigenvalue weighted by atomic mass is 79.9. The lowest BCUT2D eigenvalue weighted by Crippen LogP contribution is -2.54. The van der Waals surface area contributed by atoms with Crippen LogP contribution in [0.1, 0.15) is 18.1 Å². The van der Waals surface area contributed by atoms with Gasteiger partial charge in [0, 0.05) is 4.47 Å². The summed E-state index contributed by atoms with van der Waals surface area (Å²) < 4.78 is 11.4. The molecule has 166 valence electrons. The number of amides is 4. The van der Waals surface area contributed by atoms with Gasteiger partial charge in [-0.05, 0) is 61.4 Å². The van der Waals surface area contributed by atoms with E-state index in [9.17, 15) is 24.3 Å². The highest BCUT2D eigenvalue weighted by molar-refractivity contribution is 9.10. The molecular formula is C22H18BrN2O7-. The van der Waals surface area contributed by atoms with Crippen molar-refractivity contribution in [2.24, 2.45) is 0 Å². The molecule has 3 rings (SSSR count). The third-order valence-electron chi connectivity index (χ3n) is 4.43. The number of hydrogen-bond acceptors (Lipinski definition) is 7. The minimum Gasteiger partial charge on any atom is -0.546 e. The van der Waals surface area contributed by atoms with E-state index in [1.165, 1.54) is 24.3 Å². The number of anilines is 1. The average Bonchev–Trinajstić information content (AvgIpc) is 2.73. The van der Waals surface area contributed by atoms with Gasteiger partial charge in [0.2, 0.25) is 0 Å². The van der Waals surface area contributed by atoms with E-state index in [-0.39, 0.29) is 23.7 Å². The maximum atomic E-state index is 13.0. The predicted octanol–water partition coefficient (Wildman–Crippen LogP) is 1.95. The van der Waals surface area contributed by atoms with Crippen molar-refractivity contribution in [1.29, 1.82) is 0 Å². The van der Waals surface area contributed by atoms with Crippen molar-refractivity contribution in [2.75, 3.05) is 18.1 Å². The fraction of sp³-hybridized carbons (Fsp3) is 0.182. The van der Waals surface area contributed by atoms with Crippen molar-refractivity contribution < 1.29 is 33.8 Å². The van der Waals surface area contributed by atoms with Crippen LogP contribution in [0.4, 0.5) is 10.5 Å². The van der Waals surface area contributed by atoms with E-state index in [2.05, 4.69) is 21.2 Å². The Labute approximate surface area is 191 Å². The maximum Gasteiger partial charge on any atom is 0.335 e. The molecule has 0 atom stereocenters. The molecule has 0 saturated carbocycles. The second-order valence-corrected chi connectivity index (χ2v) is 7.55. The molecule has 0 bridgehead atoms. The number of nitrogens with zero attached hydrogens (tertiary/aromatic N) is 1. The van der Waals surface area contributed by atoms with Gasteiger partial charge < -0.3 is 19.4 Å². The fourth-order valence-electron chi connectivity index (χ4n) is 2.97. The lowest BCUT2D eigenvalue weighted by atomic mass is 10.1. The summed E-state index contributed by atoms with van der Waals surface area (Å²) in [4.78, 5) is 49.3. The van der Waals surface area contributed by atoms with Crippen LogP contribution >= 0.6 is 15.9 Å². The zero-order chi connectivity index (χ0) is 23.4. The van der Waals surface area contributed by atoms with Crippen molar-refractivity contribution in [2.45, 2.75) is 13.8 Å². The molecule has 1 saturated heterocycles. The van der Waals surface area contributed by atoms with Crippen molar-refractivity contribution in [3.63, 3.8) is 0 Å². The smallest absolute Gasteiger partial charge is 0.335 e. The average molecular weight is 502 g/mol. The van der Waals surface area contributed by atoms with Crippen LogP contribution in [0.2, 0.25) is 0 Å². The van der Waals surface area contributed by atoms with E-state index in [1.54, 1.807) is 32.0 Å². The molecular weight excluding hydrogens is 484 g/mol. The molecule has 1 aliphatic rings. The van der Waals surface area contributed by atoms with Gasteiger partial charge in [-0.1, -0.05) is 22.0 Å². The standard InChI is InChI=1S/C22H19BrN2O7/c1-3-31-18-10-13(4-7-17(18)32-11-19(26)27)9-15-20(28)24-22(30)25(21(15)29)14-5-6-16(23)12(2)8-14/h4-10H,3,11H2,1-2H3,(H,26,27)(H,24,28,30)/p-1/b15-9-. The molecule has 4 amide bonds. The number of barbiturate groups is 1. The first-order valence-electron chi connectivity index (χ1n) is 9.48. The lowest BCUT2D eigenvalue weighted by Gasteiger charge is -2.26. The second-order valence-electron chi connectivity index (χ2n) is 6.69. The molecule has 1 heterocycles. The largest absolute Gasteiger partial charge is 0.546 e. The summed E-state index contributed by atoms with van der Waals surface area (Å²) in [5.74, 6) is -2.62. The number of urea groups is 1. The number of carbonyl (C=O) groups is 4. The summed E-state index contributed by atoms with van der Waals surface area (Å²) in [6.45, 7) is 3.15. The third-order valence-corrected chi connectivity index (χ3v) is 5.32. The Bertz CT molecular complexity index is 1140. The monoisotopic (exact) mass is 501 g/mol. The maximum absolute atomic E-state index is 13.0. The zero-order valence-corrected chi connectivity index (χ0v) is 18.7. The molecule has 0 aliphatic carbocycles. The zero-order valence-electron chi connectivity index (χ0n) is 17.1. The fourth-order valence-corrected chi connectivity index (χ4v) is 3.21. The molecule has 2 aromatic rings. The molecule has 2 aromatic carbocycles. The molecule has 0 radical (unpaired) electrons. The van der Waals surface area contributed by atoms with Crippen LogP contribution in [0, 0.1) is 6.92 Å². The summed E-state index contributed by atoms with van der Waals surface area (Å²) in [5.41, 5.74) is 1.27. The van der Waals surface area contributed by atoms with Gasteiger partial charge in [-0.25, -0.2) is 9.69 Å². The molecule has 1 aliphatic heterocycles. The van der Waals surface area contributed by atoms with E-state index < -0.39 is 30.4 Å². The molecule has 1 fully saturated rings. The number of carboxylic acids is 1. The number of imide groups is 2. The summed E-state index contributed by atoms with van der Waals surface area (Å²) in [5, 5.41) is 12.8. The van der Waals surface area contributed by atoms with Gasteiger partial charge in [-0.2, -0.15) is 0 Å². The van der Waals surface area contributed by atoms with E-state index >= 15 is 0 Å². The Kier molecular flexibility index (Phi) is 6.94. The van der Waals surface area contributed by atoms with Crippen molar-refractivity contribution in [3.05, 3.63) is 57.6 Å². The highest BCUT2D eigenvalue weighted by Crippen LogP contribution is 2.31. The summed E-state index contributed by atoms with van der Waals surface area (Å²) >= 11 is 3.37. The molecule has 32 heavy (non-hydrogen) atoms. The van der Waals surface area contributed by atoms with Crippen molar-refractivity contribution >= 4 is 51.5 Å². The van der Waals surface area contributed by atoms with E-state index in [1.807, 2.05) is 0 Å². The Balaban J connectivity index is 1.97. The number of carbonyl (C=O) groups excluding carboxylic acids is 4. The number of benzene rings is 2. The van der Waals surface area contributed by atoms with Crippen molar-refractivity contribution in [3.8, 4) is 11.5 Å². The minimum atomic E-state index is -1.39. The topological polar surface area (TPSA) is 125 Å². The third kappa shape index (κ3) is 4.97. The summed E-state index contributed by atoms with van der Waals surface area (Å²) in [6, 6.07) is 8.54. The first-order valence-corrected chi connectivity index (χ1v) is 10.3. The Hall–Kier alpha value is -3.66. The normalized spacial score (nSPS) is 15.0. The number of ether oxygens (including phenoxy) is 2. The van der Waals surface area contributed by atoms with Crippen LogP contribution in [-0.4, -0.2) is 37.0 Å². The first kappa shape index (κ1) is 23.0. The van der Waals surface area contributed by atoms with Crippen LogP contribution < -0.4 is 24.8 Å². The van der Waals surface area contributed by atoms with E-state index in [0.717, 1.165) is 14.9 Å².